The van der Waals surface area contributed by atoms with E-state index in [0.29, 0.717) is 5.69 Å². The fourth-order valence-electron chi connectivity index (χ4n) is 2.09. The molecule has 3 rings (SSSR count). The number of hydrazone groups is 1. The molecule has 0 unspecified atom stereocenters. The van der Waals surface area contributed by atoms with Gasteiger partial charge in [-0.05, 0) is 54.1 Å². The van der Waals surface area contributed by atoms with E-state index in [1.54, 1.807) is 18.3 Å². The molecule has 0 saturated heterocycles. The van der Waals surface area contributed by atoms with Gasteiger partial charge in [-0.15, -0.1) is 0 Å². The molecule has 5 heteroatoms. The van der Waals surface area contributed by atoms with Crippen LogP contribution in [0, 0.1) is 0 Å². The van der Waals surface area contributed by atoms with Gasteiger partial charge in [-0.3, -0.25) is 0 Å². The topological polar surface area (TPSA) is 62.7 Å². The van der Waals surface area contributed by atoms with Crippen LogP contribution in [0.3, 0.4) is 0 Å². The molecule has 25 heavy (non-hydrogen) atoms. The number of nitrogens with one attached hydrogen (secondary N) is 2. The molecule has 124 valence electrons. The number of hydrogen-bond acceptors (Lipinski definition) is 3. The van der Waals surface area contributed by atoms with Crippen LogP contribution in [0.2, 0.25) is 0 Å². The lowest BCUT2D eigenvalue weighted by Crippen LogP contribution is -2.24. The molecule has 0 fully saturated rings. The van der Waals surface area contributed by atoms with Crippen molar-refractivity contribution in [2.24, 2.45) is 5.10 Å². The third kappa shape index (κ3) is 5.21. The third-order valence-electron chi connectivity index (χ3n) is 3.27. The summed E-state index contributed by atoms with van der Waals surface area (Å²) in [4.78, 5) is 11.7. The predicted octanol–water partition coefficient (Wildman–Crippen LogP) is 4.63. The normalized spacial score (nSPS) is 10.4. The Morgan fingerprint density at radius 2 is 1.40 bits per heavy atom. The van der Waals surface area contributed by atoms with Crippen LogP contribution in [-0.2, 0) is 0 Å². The molecular formula is C20H17N3O2. The number of hydrogen-bond donors (Lipinski definition) is 2. The molecule has 2 N–H and O–H groups in total. The van der Waals surface area contributed by atoms with Crippen molar-refractivity contribution in [3.63, 3.8) is 0 Å². The highest BCUT2D eigenvalue weighted by Gasteiger charge is 1.99. The van der Waals surface area contributed by atoms with Crippen LogP contribution in [-0.4, -0.2) is 12.2 Å². The summed E-state index contributed by atoms with van der Waals surface area (Å²) in [6, 6.07) is 25.7. The van der Waals surface area contributed by atoms with Crippen LogP contribution in [0.25, 0.3) is 0 Å². The smallest absolute Gasteiger partial charge is 0.339 e. The minimum atomic E-state index is -0.397. The summed E-state index contributed by atoms with van der Waals surface area (Å²) in [6.45, 7) is 0. The van der Waals surface area contributed by atoms with Gasteiger partial charge in [0.1, 0.15) is 11.5 Å². The van der Waals surface area contributed by atoms with Crippen molar-refractivity contribution in [1.82, 2.24) is 5.43 Å². The first kappa shape index (κ1) is 16.3. The van der Waals surface area contributed by atoms with E-state index in [0.717, 1.165) is 17.1 Å². The average Bonchev–Trinajstić information content (AvgIpc) is 2.65. The van der Waals surface area contributed by atoms with Crippen molar-refractivity contribution >= 4 is 17.9 Å². The number of carbonyl (C=O) groups is 1. The minimum absolute atomic E-state index is 0.397. The lowest BCUT2D eigenvalue weighted by molar-refractivity contribution is 0.252. The Labute approximate surface area is 146 Å². The molecule has 0 aliphatic heterocycles. The zero-order valence-electron chi connectivity index (χ0n) is 13.4. The van der Waals surface area contributed by atoms with Gasteiger partial charge in [0, 0.05) is 5.69 Å². The quantitative estimate of drug-likeness (QED) is 0.529. The zero-order chi connectivity index (χ0) is 17.3. The van der Waals surface area contributed by atoms with E-state index in [1.807, 2.05) is 72.8 Å². The van der Waals surface area contributed by atoms with E-state index in [9.17, 15) is 4.79 Å². The van der Waals surface area contributed by atoms with Gasteiger partial charge in [0.25, 0.3) is 0 Å². The van der Waals surface area contributed by atoms with Gasteiger partial charge < -0.3 is 10.1 Å². The standard InChI is InChI=1S/C20H17N3O2/c24-20(22-17-7-3-1-4-8-17)23-21-15-16-11-13-19(14-12-16)25-18-9-5-2-6-10-18/h1-15H,(H2,22,23,24). The number of carbonyl (C=O) groups excluding carboxylic acids is 1. The van der Waals surface area contributed by atoms with Crippen molar-refractivity contribution in [3.05, 3.63) is 90.5 Å². The summed E-state index contributed by atoms with van der Waals surface area (Å²) in [5.41, 5.74) is 3.98. The second-order valence-corrected chi connectivity index (χ2v) is 5.17. The fourth-order valence-corrected chi connectivity index (χ4v) is 2.09. The molecule has 0 spiro atoms. The number of para-hydroxylation sites is 2. The lowest BCUT2D eigenvalue weighted by atomic mass is 10.2. The molecule has 0 bridgehead atoms. The molecule has 3 aromatic carbocycles. The molecule has 5 nitrogen and oxygen atoms in total. The lowest BCUT2D eigenvalue weighted by Gasteiger charge is -2.05. The molecule has 0 atom stereocenters. The molecule has 3 aromatic rings. The maximum Gasteiger partial charge on any atom is 0.339 e. The van der Waals surface area contributed by atoms with Crippen LogP contribution in [0.4, 0.5) is 10.5 Å². The van der Waals surface area contributed by atoms with Gasteiger partial charge in [-0.2, -0.15) is 5.10 Å². The largest absolute Gasteiger partial charge is 0.457 e. The van der Waals surface area contributed by atoms with Gasteiger partial charge in [0.2, 0.25) is 0 Å². The summed E-state index contributed by atoms with van der Waals surface area (Å²) in [5, 5.41) is 6.60. The predicted molar refractivity (Wildman–Crippen MR) is 99.1 cm³/mol. The average molecular weight is 331 g/mol. The first-order valence-corrected chi connectivity index (χ1v) is 7.78. The molecule has 0 heterocycles. The summed E-state index contributed by atoms with van der Waals surface area (Å²) in [7, 11) is 0. The Kier molecular flexibility index (Phi) is 5.40. The summed E-state index contributed by atoms with van der Waals surface area (Å²) >= 11 is 0. The number of anilines is 1. The molecule has 0 aliphatic carbocycles. The summed E-state index contributed by atoms with van der Waals surface area (Å²) in [5.74, 6) is 1.52. The molecular weight excluding hydrogens is 314 g/mol. The van der Waals surface area contributed by atoms with Crippen LogP contribution in [0.1, 0.15) is 5.56 Å². The molecule has 0 aliphatic rings. The number of nitrogens with zero attached hydrogens (tertiary/aromatic N) is 1. The van der Waals surface area contributed by atoms with Crippen LogP contribution in [0.5, 0.6) is 11.5 Å². The van der Waals surface area contributed by atoms with Crippen molar-refractivity contribution in [2.75, 3.05) is 5.32 Å². The second kappa shape index (κ2) is 8.31. The molecule has 0 aromatic heterocycles. The number of rotatable bonds is 5. The summed E-state index contributed by atoms with van der Waals surface area (Å²) in [6.07, 6.45) is 1.57. The fraction of sp³-hybridized carbons (Fsp3) is 0. The Morgan fingerprint density at radius 1 is 0.800 bits per heavy atom. The second-order valence-electron chi connectivity index (χ2n) is 5.17. The molecule has 0 radical (unpaired) electrons. The monoisotopic (exact) mass is 331 g/mol. The number of amides is 2. The molecule has 2 amide bonds. The maximum atomic E-state index is 11.7. The van der Waals surface area contributed by atoms with E-state index in [1.165, 1.54) is 0 Å². The van der Waals surface area contributed by atoms with E-state index in [-0.39, 0.29) is 0 Å². The first-order chi connectivity index (χ1) is 12.3. The van der Waals surface area contributed by atoms with Gasteiger partial charge in [0.15, 0.2) is 0 Å². The maximum absolute atomic E-state index is 11.7. The highest BCUT2D eigenvalue weighted by atomic mass is 16.5. The highest BCUT2D eigenvalue weighted by Crippen LogP contribution is 2.20. The number of urea groups is 1. The van der Waals surface area contributed by atoms with Gasteiger partial charge in [0.05, 0.1) is 6.21 Å². The van der Waals surface area contributed by atoms with Crippen LogP contribution < -0.4 is 15.5 Å². The summed E-state index contributed by atoms with van der Waals surface area (Å²) < 4.78 is 5.72. The van der Waals surface area contributed by atoms with E-state index < -0.39 is 6.03 Å². The number of benzene rings is 3. The third-order valence-corrected chi connectivity index (χ3v) is 3.27. The Bertz CT molecular complexity index is 832. The zero-order valence-corrected chi connectivity index (χ0v) is 13.4. The Morgan fingerprint density at radius 3 is 2.08 bits per heavy atom. The van der Waals surface area contributed by atoms with Crippen LogP contribution >= 0.6 is 0 Å². The van der Waals surface area contributed by atoms with E-state index in [4.69, 9.17) is 4.74 Å². The van der Waals surface area contributed by atoms with Crippen molar-refractivity contribution < 1.29 is 9.53 Å². The van der Waals surface area contributed by atoms with Gasteiger partial charge >= 0.3 is 6.03 Å². The van der Waals surface area contributed by atoms with Gasteiger partial charge in [-0.1, -0.05) is 36.4 Å². The minimum Gasteiger partial charge on any atom is -0.457 e. The SMILES string of the molecule is O=C(NN=Cc1ccc(Oc2ccccc2)cc1)Nc1ccccc1. The van der Waals surface area contributed by atoms with Crippen LogP contribution in [0.15, 0.2) is 90.0 Å². The van der Waals surface area contributed by atoms with E-state index >= 15 is 0 Å². The van der Waals surface area contributed by atoms with Gasteiger partial charge in [-0.25, -0.2) is 10.2 Å². The van der Waals surface area contributed by atoms with Crippen molar-refractivity contribution in [2.45, 2.75) is 0 Å². The Balaban J connectivity index is 1.51. The number of ether oxygens (including phenoxy) is 1. The molecule has 0 saturated carbocycles. The van der Waals surface area contributed by atoms with E-state index in [2.05, 4.69) is 15.8 Å². The van der Waals surface area contributed by atoms with Crippen molar-refractivity contribution in [1.29, 1.82) is 0 Å². The first-order valence-electron chi connectivity index (χ1n) is 7.78. The Hall–Kier alpha value is -3.60. The highest BCUT2D eigenvalue weighted by molar-refractivity contribution is 5.90. The van der Waals surface area contributed by atoms with Crippen molar-refractivity contribution in [3.8, 4) is 11.5 Å².